The summed E-state index contributed by atoms with van der Waals surface area (Å²) >= 11 is 0. The monoisotopic (exact) mass is 868 g/mol. The largest absolute Gasteiger partial charge is 0.463 e. The van der Waals surface area contributed by atoms with Gasteiger partial charge in [-0.25, -0.2) is 0 Å². The van der Waals surface area contributed by atoms with E-state index in [1.165, 1.54) is 13.8 Å². The van der Waals surface area contributed by atoms with Gasteiger partial charge in [0.05, 0.1) is 42.2 Å². The summed E-state index contributed by atoms with van der Waals surface area (Å²) in [6.07, 6.45) is -8.09. The topological polar surface area (TPSA) is 240 Å². The van der Waals surface area contributed by atoms with Crippen LogP contribution < -0.4 is 0 Å². The van der Waals surface area contributed by atoms with Crippen LogP contribution in [0.3, 0.4) is 0 Å². The van der Waals surface area contributed by atoms with Gasteiger partial charge in [-0.1, -0.05) is 27.7 Å². The minimum absolute atomic E-state index is 0.0581. The third kappa shape index (κ3) is 6.97. The van der Waals surface area contributed by atoms with Gasteiger partial charge in [0.25, 0.3) is 0 Å². The Morgan fingerprint density at radius 3 is 2.10 bits per heavy atom. The fraction of sp³-hybridized carbons (Fsp3) is 0.956. The third-order valence-corrected chi connectivity index (χ3v) is 18.2. The third-order valence-electron chi connectivity index (χ3n) is 18.2. The fourth-order valence-corrected chi connectivity index (χ4v) is 15.4. The second-order valence-electron chi connectivity index (χ2n) is 22.3. The highest BCUT2D eigenvalue weighted by Gasteiger charge is 2.85. The molecule has 16 nitrogen and oxygen atoms in total. The molecule has 21 atom stereocenters. The highest BCUT2D eigenvalue weighted by Crippen LogP contribution is 2.89. The van der Waals surface area contributed by atoms with Gasteiger partial charge in [-0.2, -0.15) is 0 Å². The molecule has 0 aromatic heterocycles. The first-order valence-electron chi connectivity index (χ1n) is 22.6. The molecule has 0 amide bonds. The molecular formula is C45H72O16. The first-order chi connectivity index (χ1) is 28.3. The van der Waals surface area contributed by atoms with Gasteiger partial charge >= 0.3 is 11.9 Å². The second-order valence-corrected chi connectivity index (χ2v) is 22.3. The average molecular weight is 869 g/mol. The van der Waals surface area contributed by atoms with Crippen LogP contribution in [0, 0.1) is 44.8 Å². The lowest BCUT2D eigenvalue weighted by atomic mass is 9.41. The van der Waals surface area contributed by atoms with Crippen LogP contribution in [0.25, 0.3) is 0 Å². The van der Waals surface area contributed by atoms with Crippen molar-refractivity contribution in [3.8, 4) is 0 Å². The molecule has 0 aromatic rings. The van der Waals surface area contributed by atoms with E-state index < -0.39 is 102 Å². The van der Waals surface area contributed by atoms with Crippen LogP contribution in [0.5, 0.6) is 0 Å². The highest BCUT2D eigenvalue weighted by molar-refractivity contribution is 5.66. The predicted molar refractivity (Wildman–Crippen MR) is 213 cm³/mol. The quantitative estimate of drug-likeness (QED) is 0.129. The summed E-state index contributed by atoms with van der Waals surface area (Å²) in [5, 5.41) is 78.0. The van der Waals surface area contributed by atoms with E-state index in [4.69, 9.17) is 33.2 Å². The Kier molecular flexibility index (Phi) is 11.5. The van der Waals surface area contributed by atoms with E-state index in [1.54, 1.807) is 13.8 Å². The molecule has 61 heavy (non-hydrogen) atoms. The first kappa shape index (κ1) is 46.0. The van der Waals surface area contributed by atoms with Crippen molar-refractivity contribution >= 4 is 11.9 Å². The first-order valence-corrected chi connectivity index (χ1v) is 22.6. The van der Waals surface area contributed by atoms with Crippen LogP contribution in [0.15, 0.2) is 0 Å². The number of hydrogen-bond donors (Lipinski definition) is 7. The zero-order chi connectivity index (χ0) is 44.6. The summed E-state index contributed by atoms with van der Waals surface area (Å²) in [5.74, 6) is -1.61. The molecule has 0 bridgehead atoms. The van der Waals surface area contributed by atoms with Crippen LogP contribution in [0.2, 0.25) is 0 Å². The van der Waals surface area contributed by atoms with Crippen molar-refractivity contribution in [2.75, 3.05) is 13.2 Å². The van der Waals surface area contributed by atoms with Crippen molar-refractivity contribution in [3.05, 3.63) is 0 Å². The molecule has 8 rings (SSSR count). The van der Waals surface area contributed by atoms with Crippen molar-refractivity contribution in [1.82, 2.24) is 0 Å². The predicted octanol–water partition coefficient (Wildman–Crippen LogP) is 1.87. The summed E-state index contributed by atoms with van der Waals surface area (Å²) in [4.78, 5) is 23.9. The molecule has 0 unspecified atom stereocenters. The number of aliphatic hydroxyl groups is 7. The van der Waals surface area contributed by atoms with Gasteiger partial charge in [-0.3, -0.25) is 9.59 Å². The van der Waals surface area contributed by atoms with Crippen LogP contribution >= 0.6 is 0 Å². The molecule has 0 radical (unpaired) electrons. The molecule has 7 N–H and O–H groups in total. The molecule has 8 aliphatic rings. The Hall–Kier alpha value is -1.54. The van der Waals surface area contributed by atoms with E-state index in [9.17, 15) is 45.3 Å². The summed E-state index contributed by atoms with van der Waals surface area (Å²) in [5.41, 5.74) is -3.47. The Morgan fingerprint density at radius 2 is 1.46 bits per heavy atom. The van der Waals surface area contributed by atoms with Crippen LogP contribution in [-0.2, 0) is 42.7 Å². The maximum atomic E-state index is 12.3. The van der Waals surface area contributed by atoms with Crippen LogP contribution in [-0.4, -0.2) is 152 Å². The van der Waals surface area contributed by atoms with Crippen molar-refractivity contribution in [3.63, 3.8) is 0 Å². The molecule has 348 valence electrons. The maximum absolute atomic E-state index is 12.3. The highest BCUT2D eigenvalue weighted by atomic mass is 16.7. The molecule has 3 heterocycles. The lowest BCUT2D eigenvalue weighted by Crippen LogP contribution is -2.65. The lowest BCUT2D eigenvalue weighted by Gasteiger charge is -2.65. The normalized spacial score (nSPS) is 53.8. The lowest BCUT2D eigenvalue weighted by molar-refractivity contribution is -0.339. The Morgan fingerprint density at radius 1 is 0.754 bits per heavy atom. The summed E-state index contributed by atoms with van der Waals surface area (Å²) in [6, 6.07) is 0. The Labute approximate surface area is 358 Å². The van der Waals surface area contributed by atoms with Gasteiger partial charge in [0.1, 0.15) is 43.2 Å². The molecule has 0 aromatic carbocycles. The molecule has 8 fully saturated rings. The van der Waals surface area contributed by atoms with E-state index in [0.29, 0.717) is 25.7 Å². The van der Waals surface area contributed by atoms with Gasteiger partial charge in [0, 0.05) is 19.8 Å². The number of fused-ring (bicyclic) bond motifs is 2. The summed E-state index contributed by atoms with van der Waals surface area (Å²) in [7, 11) is 0. The minimum Gasteiger partial charge on any atom is -0.463 e. The molecule has 2 spiro atoms. The second kappa shape index (κ2) is 15.3. The minimum atomic E-state index is -1.66. The van der Waals surface area contributed by atoms with E-state index in [2.05, 4.69) is 34.6 Å². The SMILES string of the molecule is CC(=O)OC[C@H]1O[C@@H](O[C@H]2C[C@@H]3[C@]4(CC[C@]5(C)[C@@H]([C@]6(C)CC[C@@H](C(C)(C)O)O6)[C@@H](O)C[C@@]35C)C[C@@]43CC[C@H](O[C@@H]4OC[C@@H](O)[C@H](O)[C@H]4OC(C)=O)C(C)(C)[C@H]23)[C@H](O)[C@@H](O)[C@@H]1O. The van der Waals surface area contributed by atoms with Gasteiger partial charge < -0.3 is 68.9 Å². The van der Waals surface area contributed by atoms with Crippen molar-refractivity contribution < 1.29 is 78.5 Å². The molecule has 3 saturated heterocycles. The van der Waals surface area contributed by atoms with E-state index in [1.807, 2.05) is 0 Å². The number of carbonyl (C=O) groups excluding carboxylic acids is 2. The van der Waals surface area contributed by atoms with Crippen molar-refractivity contribution in [2.24, 2.45) is 44.8 Å². The van der Waals surface area contributed by atoms with Gasteiger partial charge in [0.2, 0.25) is 0 Å². The van der Waals surface area contributed by atoms with E-state index in [-0.39, 0.29) is 58.7 Å². The van der Waals surface area contributed by atoms with Gasteiger partial charge in [-0.15, -0.1) is 0 Å². The molecule has 16 heteroatoms. The zero-order valence-electron chi connectivity index (χ0n) is 37.3. The van der Waals surface area contributed by atoms with Crippen LogP contribution in [0.1, 0.15) is 120 Å². The summed E-state index contributed by atoms with van der Waals surface area (Å²) in [6.45, 7) is 16.4. The van der Waals surface area contributed by atoms with Crippen LogP contribution in [0.4, 0.5) is 0 Å². The number of hydrogen-bond acceptors (Lipinski definition) is 16. The summed E-state index contributed by atoms with van der Waals surface area (Å²) < 4.78 is 43.2. The molecule has 5 saturated carbocycles. The van der Waals surface area contributed by atoms with Gasteiger partial charge in [-0.05, 0) is 117 Å². The van der Waals surface area contributed by atoms with Crippen molar-refractivity contribution in [2.45, 2.75) is 211 Å². The van der Waals surface area contributed by atoms with Gasteiger partial charge in [0.15, 0.2) is 18.7 Å². The molecule has 3 aliphatic heterocycles. The Bertz CT molecular complexity index is 1690. The number of esters is 2. The zero-order valence-corrected chi connectivity index (χ0v) is 37.3. The van der Waals surface area contributed by atoms with Crippen molar-refractivity contribution in [1.29, 1.82) is 0 Å². The standard InChI is InChI=1S/C45H72O16/c1-21(46)55-19-26-31(51)32(52)33(53)37(59-26)58-25-16-27-42(8)17-23(48)35(43(9)12-10-29(61-43)40(5,6)54)41(42,7)14-15-44(27)20-45(44)13-11-28(39(3,4)36(25)45)60-38-34(57-22(2)47)30(50)24(49)18-56-38/h23-38,48-54H,10-20H2,1-9H3/t23-,24+,25-,26+,27-,28-,29-,30-,31+,32-,33+,34+,35-,36-,37+,38-,41+,42-,43-,44-,45+/m0/s1. The maximum Gasteiger partial charge on any atom is 0.303 e. The van der Waals surface area contributed by atoms with E-state index in [0.717, 1.165) is 32.1 Å². The number of aliphatic hydroxyl groups excluding tert-OH is 6. The van der Waals surface area contributed by atoms with E-state index >= 15 is 0 Å². The number of carbonyl (C=O) groups is 2. The molecular weight excluding hydrogens is 796 g/mol. The fourth-order valence-electron chi connectivity index (χ4n) is 15.4. The smallest absolute Gasteiger partial charge is 0.303 e. The Balaban J connectivity index is 1.15. The number of rotatable bonds is 9. The molecule has 5 aliphatic carbocycles. The number of ether oxygens (including phenoxy) is 7. The average Bonchev–Trinajstić information content (AvgIpc) is 3.52.